The second-order valence-corrected chi connectivity index (χ2v) is 4.97. The Bertz CT molecular complexity index is 651. The number of aldehydes is 1. The van der Waals surface area contributed by atoms with Crippen molar-refractivity contribution in [3.8, 4) is 0 Å². The molecule has 3 nitrogen and oxygen atoms in total. The van der Waals surface area contributed by atoms with Gasteiger partial charge in [-0.15, -0.1) is 0 Å². The molecule has 0 aliphatic heterocycles. The second-order valence-electron chi connectivity index (χ2n) is 4.97. The molecule has 3 heteroatoms. The lowest BCUT2D eigenvalue weighted by Crippen LogP contribution is -2.15. The van der Waals surface area contributed by atoms with Gasteiger partial charge in [-0.1, -0.05) is 29.8 Å². The maximum absolute atomic E-state index is 12.4. The quantitative estimate of drug-likeness (QED) is 0.862. The summed E-state index contributed by atoms with van der Waals surface area (Å²) in [7, 11) is 0. The number of anilines is 1. The van der Waals surface area contributed by atoms with E-state index < -0.39 is 0 Å². The summed E-state index contributed by atoms with van der Waals surface area (Å²) in [5.74, 6) is -0.150. The first-order chi connectivity index (χ1) is 9.51. The first-order valence-electron chi connectivity index (χ1n) is 6.45. The molecular formula is C17H17NO2. The first-order valence-corrected chi connectivity index (χ1v) is 6.45. The number of benzene rings is 2. The van der Waals surface area contributed by atoms with Gasteiger partial charge in [0.2, 0.25) is 0 Å². The van der Waals surface area contributed by atoms with Crippen LogP contribution in [-0.2, 0) is 0 Å². The van der Waals surface area contributed by atoms with Gasteiger partial charge in [0, 0.05) is 16.8 Å². The van der Waals surface area contributed by atoms with Crippen LogP contribution in [0.2, 0.25) is 0 Å². The highest BCUT2D eigenvalue weighted by Crippen LogP contribution is 2.18. The first kappa shape index (κ1) is 14.0. The van der Waals surface area contributed by atoms with Crippen LogP contribution in [0.5, 0.6) is 0 Å². The van der Waals surface area contributed by atoms with Crippen molar-refractivity contribution in [1.29, 1.82) is 0 Å². The Morgan fingerprint density at radius 2 is 1.70 bits per heavy atom. The Balaban J connectivity index is 2.30. The molecule has 0 atom stereocenters. The molecule has 102 valence electrons. The zero-order chi connectivity index (χ0) is 14.7. The van der Waals surface area contributed by atoms with E-state index in [1.807, 2.05) is 32.9 Å². The van der Waals surface area contributed by atoms with Crippen LogP contribution in [0, 0.1) is 20.8 Å². The van der Waals surface area contributed by atoms with E-state index in [2.05, 4.69) is 5.32 Å². The molecule has 2 rings (SSSR count). The number of rotatable bonds is 3. The molecule has 0 saturated carbocycles. The molecule has 0 aliphatic carbocycles. The monoisotopic (exact) mass is 267 g/mol. The van der Waals surface area contributed by atoms with E-state index in [1.54, 1.807) is 24.3 Å². The highest BCUT2D eigenvalue weighted by molar-refractivity contribution is 6.06. The second kappa shape index (κ2) is 5.70. The predicted octanol–water partition coefficient (Wildman–Crippen LogP) is 3.68. The van der Waals surface area contributed by atoms with Gasteiger partial charge in [-0.2, -0.15) is 0 Å². The van der Waals surface area contributed by atoms with E-state index >= 15 is 0 Å². The maximum Gasteiger partial charge on any atom is 0.256 e. The van der Waals surface area contributed by atoms with E-state index in [1.165, 1.54) is 0 Å². The number of hydrogen-bond acceptors (Lipinski definition) is 2. The van der Waals surface area contributed by atoms with Crippen LogP contribution in [-0.4, -0.2) is 12.2 Å². The predicted molar refractivity (Wildman–Crippen MR) is 80.4 cm³/mol. The molecule has 0 spiro atoms. The Hall–Kier alpha value is -2.42. The van der Waals surface area contributed by atoms with Crippen LogP contribution >= 0.6 is 0 Å². The lowest BCUT2D eigenvalue weighted by molar-refractivity contribution is 0.102. The molecule has 0 radical (unpaired) electrons. The van der Waals surface area contributed by atoms with Crippen LogP contribution in [0.15, 0.2) is 36.4 Å². The van der Waals surface area contributed by atoms with E-state index in [9.17, 15) is 9.59 Å². The number of carbonyl (C=O) groups is 2. The number of hydrogen-bond donors (Lipinski definition) is 1. The van der Waals surface area contributed by atoms with Crippen molar-refractivity contribution in [3.05, 3.63) is 64.2 Å². The Labute approximate surface area is 118 Å². The molecular weight excluding hydrogens is 250 g/mol. The topological polar surface area (TPSA) is 46.2 Å². The third-order valence-corrected chi connectivity index (χ3v) is 3.18. The Morgan fingerprint density at radius 3 is 2.30 bits per heavy atom. The number of nitrogens with one attached hydrogen (secondary N) is 1. The van der Waals surface area contributed by atoms with Gasteiger partial charge in [0.05, 0.1) is 0 Å². The van der Waals surface area contributed by atoms with Crippen molar-refractivity contribution >= 4 is 17.9 Å². The Kier molecular flexibility index (Phi) is 3.99. The molecule has 2 aromatic carbocycles. The number of carbonyl (C=O) groups excluding carboxylic acids is 2. The summed E-state index contributed by atoms with van der Waals surface area (Å²) in [5.41, 5.74) is 4.89. The SMILES string of the molecule is Cc1cc(C)c(C(=O)Nc2cccc(C=O)c2)c(C)c1. The largest absolute Gasteiger partial charge is 0.322 e. The van der Waals surface area contributed by atoms with Gasteiger partial charge in [-0.3, -0.25) is 9.59 Å². The van der Waals surface area contributed by atoms with Crippen molar-refractivity contribution in [2.24, 2.45) is 0 Å². The average Bonchev–Trinajstić information content (AvgIpc) is 2.37. The van der Waals surface area contributed by atoms with Crippen LogP contribution in [0.1, 0.15) is 37.4 Å². The third-order valence-electron chi connectivity index (χ3n) is 3.18. The van der Waals surface area contributed by atoms with Gasteiger partial charge in [0.1, 0.15) is 6.29 Å². The summed E-state index contributed by atoms with van der Waals surface area (Å²) in [6, 6.07) is 10.8. The highest BCUT2D eigenvalue weighted by Gasteiger charge is 2.13. The molecule has 0 aromatic heterocycles. The zero-order valence-corrected chi connectivity index (χ0v) is 11.9. The van der Waals surface area contributed by atoms with Gasteiger partial charge in [-0.25, -0.2) is 0 Å². The fourth-order valence-corrected chi connectivity index (χ4v) is 2.42. The molecule has 0 aliphatic rings. The van der Waals surface area contributed by atoms with Crippen molar-refractivity contribution in [2.75, 3.05) is 5.32 Å². The summed E-state index contributed by atoms with van der Waals surface area (Å²) < 4.78 is 0. The van der Waals surface area contributed by atoms with Gasteiger partial charge in [0.25, 0.3) is 5.91 Å². The van der Waals surface area contributed by atoms with Crippen molar-refractivity contribution in [1.82, 2.24) is 0 Å². The van der Waals surface area contributed by atoms with Crippen molar-refractivity contribution < 1.29 is 9.59 Å². The fourth-order valence-electron chi connectivity index (χ4n) is 2.42. The van der Waals surface area contributed by atoms with Crippen LogP contribution < -0.4 is 5.32 Å². The standard InChI is InChI=1S/C17H17NO2/c1-11-7-12(2)16(13(3)8-11)17(20)18-15-6-4-5-14(9-15)10-19/h4-10H,1-3H3,(H,18,20). The van der Waals surface area contributed by atoms with Gasteiger partial charge < -0.3 is 5.32 Å². The van der Waals surface area contributed by atoms with Crippen LogP contribution in [0.3, 0.4) is 0 Å². The molecule has 2 aromatic rings. The number of amides is 1. The van der Waals surface area contributed by atoms with Gasteiger partial charge in [0.15, 0.2) is 0 Å². The van der Waals surface area contributed by atoms with Crippen molar-refractivity contribution in [2.45, 2.75) is 20.8 Å². The van der Waals surface area contributed by atoms with Gasteiger partial charge >= 0.3 is 0 Å². The zero-order valence-electron chi connectivity index (χ0n) is 11.9. The smallest absolute Gasteiger partial charge is 0.256 e. The van der Waals surface area contributed by atoms with E-state index in [4.69, 9.17) is 0 Å². The average molecular weight is 267 g/mol. The van der Waals surface area contributed by atoms with Crippen LogP contribution in [0.4, 0.5) is 5.69 Å². The summed E-state index contributed by atoms with van der Waals surface area (Å²) in [6.45, 7) is 5.86. The van der Waals surface area contributed by atoms with Crippen molar-refractivity contribution in [3.63, 3.8) is 0 Å². The minimum atomic E-state index is -0.150. The molecule has 0 bridgehead atoms. The summed E-state index contributed by atoms with van der Waals surface area (Å²) in [6.07, 6.45) is 0.762. The fraction of sp³-hybridized carbons (Fsp3) is 0.176. The maximum atomic E-state index is 12.4. The molecule has 0 fully saturated rings. The van der Waals surface area contributed by atoms with E-state index in [0.29, 0.717) is 16.8 Å². The molecule has 1 N–H and O–H groups in total. The number of aryl methyl sites for hydroxylation is 3. The molecule has 0 heterocycles. The third kappa shape index (κ3) is 2.94. The summed E-state index contributed by atoms with van der Waals surface area (Å²) in [5, 5.41) is 2.84. The highest BCUT2D eigenvalue weighted by atomic mass is 16.1. The van der Waals surface area contributed by atoms with E-state index in [-0.39, 0.29) is 5.91 Å². The Morgan fingerprint density at radius 1 is 1.05 bits per heavy atom. The summed E-state index contributed by atoms with van der Waals surface area (Å²) in [4.78, 5) is 23.1. The van der Waals surface area contributed by atoms with E-state index in [0.717, 1.165) is 23.0 Å². The molecule has 20 heavy (non-hydrogen) atoms. The molecule has 1 amide bonds. The lowest BCUT2D eigenvalue weighted by Gasteiger charge is -2.12. The molecule has 0 unspecified atom stereocenters. The minimum absolute atomic E-state index is 0.150. The summed E-state index contributed by atoms with van der Waals surface area (Å²) >= 11 is 0. The minimum Gasteiger partial charge on any atom is -0.322 e. The van der Waals surface area contributed by atoms with Crippen LogP contribution in [0.25, 0.3) is 0 Å². The normalized spacial score (nSPS) is 10.2. The lowest BCUT2D eigenvalue weighted by atomic mass is 9.99. The molecule has 0 saturated heterocycles. The van der Waals surface area contributed by atoms with Gasteiger partial charge in [-0.05, 0) is 44.0 Å².